The van der Waals surface area contributed by atoms with E-state index in [1.165, 1.54) is 6.42 Å². The summed E-state index contributed by atoms with van der Waals surface area (Å²) in [6.07, 6.45) is 7.84. The normalized spacial score (nSPS) is 20.4. The Kier molecular flexibility index (Phi) is 3.46. The Labute approximate surface area is 119 Å². The third-order valence-corrected chi connectivity index (χ3v) is 3.60. The summed E-state index contributed by atoms with van der Waals surface area (Å²) < 4.78 is 7.89. The van der Waals surface area contributed by atoms with Gasteiger partial charge in [0.15, 0.2) is 5.65 Å². The fourth-order valence-corrected chi connectivity index (χ4v) is 2.69. The van der Waals surface area contributed by atoms with E-state index in [1.807, 2.05) is 6.33 Å². The Balaban J connectivity index is 1.98. The van der Waals surface area contributed by atoms with Crippen molar-refractivity contribution < 1.29 is 4.74 Å². The largest absolute Gasteiger partial charge is 0.358 e. The van der Waals surface area contributed by atoms with Crippen molar-refractivity contribution in [2.24, 2.45) is 5.41 Å². The molecule has 3 heterocycles. The van der Waals surface area contributed by atoms with Crippen LogP contribution in [0.1, 0.15) is 52.0 Å². The fraction of sp³-hybridized carbons (Fsp3) is 0.667. The van der Waals surface area contributed by atoms with E-state index in [9.17, 15) is 0 Å². The molecule has 5 nitrogen and oxygen atoms in total. The third-order valence-electron chi connectivity index (χ3n) is 3.60. The highest BCUT2D eigenvalue weighted by Crippen LogP contribution is 2.28. The molecule has 0 aromatic carbocycles. The summed E-state index contributed by atoms with van der Waals surface area (Å²) in [6, 6.07) is 0. The number of rotatable bonds is 2. The predicted octanol–water partition coefficient (Wildman–Crippen LogP) is 3.11. The summed E-state index contributed by atoms with van der Waals surface area (Å²) in [7, 11) is 0. The van der Waals surface area contributed by atoms with Crippen molar-refractivity contribution >= 4 is 11.2 Å². The van der Waals surface area contributed by atoms with E-state index >= 15 is 0 Å². The topological polar surface area (TPSA) is 52.8 Å². The number of nitrogens with zero attached hydrogens (tertiary/aromatic N) is 4. The zero-order chi connectivity index (χ0) is 14.2. The van der Waals surface area contributed by atoms with Crippen molar-refractivity contribution in [2.45, 2.75) is 52.7 Å². The number of ether oxygens (including phenoxy) is 1. The molecule has 0 amide bonds. The van der Waals surface area contributed by atoms with Gasteiger partial charge in [0.25, 0.3) is 0 Å². The van der Waals surface area contributed by atoms with Gasteiger partial charge in [-0.15, -0.1) is 0 Å². The highest BCUT2D eigenvalue weighted by Gasteiger charge is 2.21. The van der Waals surface area contributed by atoms with Crippen molar-refractivity contribution in [3.05, 3.63) is 18.3 Å². The molecule has 0 radical (unpaired) electrons. The Morgan fingerprint density at radius 3 is 2.80 bits per heavy atom. The molecule has 0 saturated carbocycles. The predicted molar refractivity (Wildman–Crippen MR) is 77.3 cm³/mol. The van der Waals surface area contributed by atoms with Crippen molar-refractivity contribution in [3.8, 4) is 0 Å². The van der Waals surface area contributed by atoms with E-state index in [4.69, 9.17) is 4.74 Å². The van der Waals surface area contributed by atoms with Crippen LogP contribution < -0.4 is 0 Å². The second-order valence-corrected chi connectivity index (χ2v) is 6.70. The Morgan fingerprint density at radius 2 is 2.10 bits per heavy atom. The van der Waals surface area contributed by atoms with Gasteiger partial charge in [0.05, 0.1) is 12.0 Å². The van der Waals surface area contributed by atoms with Gasteiger partial charge < -0.3 is 4.74 Å². The van der Waals surface area contributed by atoms with Crippen molar-refractivity contribution in [2.75, 3.05) is 6.61 Å². The SMILES string of the molecule is CC(C)(C)Cc1ncnc2c1ncn2C1CCCCO1. The van der Waals surface area contributed by atoms with Gasteiger partial charge in [-0.05, 0) is 31.1 Å². The van der Waals surface area contributed by atoms with Crippen LogP contribution in [-0.4, -0.2) is 26.1 Å². The second-order valence-electron chi connectivity index (χ2n) is 6.70. The van der Waals surface area contributed by atoms with Crippen LogP contribution in [0.2, 0.25) is 0 Å². The first-order valence-corrected chi connectivity index (χ1v) is 7.33. The lowest BCUT2D eigenvalue weighted by atomic mass is 9.90. The maximum Gasteiger partial charge on any atom is 0.165 e. The molecule has 1 aliphatic rings. The zero-order valence-electron chi connectivity index (χ0n) is 12.5. The van der Waals surface area contributed by atoms with Crippen molar-refractivity contribution in [1.29, 1.82) is 0 Å². The fourth-order valence-electron chi connectivity index (χ4n) is 2.69. The highest BCUT2D eigenvalue weighted by atomic mass is 16.5. The van der Waals surface area contributed by atoms with Crippen LogP contribution in [0, 0.1) is 5.41 Å². The Morgan fingerprint density at radius 1 is 1.25 bits per heavy atom. The monoisotopic (exact) mass is 274 g/mol. The number of hydrogen-bond acceptors (Lipinski definition) is 4. The average Bonchev–Trinajstić information content (AvgIpc) is 2.83. The van der Waals surface area contributed by atoms with Crippen LogP contribution in [0.5, 0.6) is 0 Å². The first kappa shape index (κ1) is 13.5. The number of hydrogen-bond donors (Lipinski definition) is 0. The minimum atomic E-state index is 0.0751. The molecular formula is C15H22N4O. The smallest absolute Gasteiger partial charge is 0.165 e. The van der Waals surface area contributed by atoms with Gasteiger partial charge in [0.2, 0.25) is 0 Å². The summed E-state index contributed by atoms with van der Waals surface area (Å²) >= 11 is 0. The molecule has 1 aliphatic heterocycles. The quantitative estimate of drug-likeness (QED) is 0.844. The van der Waals surface area contributed by atoms with E-state index in [2.05, 4.69) is 40.3 Å². The molecule has 20 heavy (non-hydrogen) atoms. The summed E-state index contributed by atoms with van der Waals surface area (Å²) in [5, 5.41) is 0. The minimum Gasteiger partial charge on any atom is -0.358 e. The van der Waals surface area contributed by atoms with E-state index in [-0.39, 0.29) is 11.6 Å². The molecule has 1 atom stereocenters. The molecule has 0 spiro atoms. The van der Waals surface area contributed by atoms with E-state index in [0.717, 1.165) is 42.7 Å². The highest BCUT2D eigenvalue weighted by molar-refractivity contribution is 5.73. The summed E-state index contributed by atoms with van der Waals surface area (Å²) in [5.74, 6) is 0. The summed E-state index contributed by atoms with van der Waals surface area (Å²) in [4.78, 5) is 13.4. The standard InChI is InChI=1S/C15H22N4O/c1-15(2,3)8-11-13-14(17-9-16-11)19(10-18-13)12-6-4-5-7-20-12/h9-10,12H,4-8H2,1-3H3. The van der Waals surface area contributed by atoms with Crippen LogP contribution in [-0.2, 0) is 11.2 Å². The molecule has 1 fully saturated rings. The molecule has 2 aromatic rings. The molecule has 0 bridgehead atoms. The summed E-state index contributed by atoms with van der Waals surface area (Å²) in [6.45, 7) is 7.46. The third kappa shape index (κ3) is 2.68. The van der Waals surface area contributed by atoms with E-state index < -0.39 is 0 Å². The van der Waals surface area contributed by atoms with Crippen LogP contribution >= 0.6 is 0 Å². The Hall–Kier alpha value is -1.49. The maximum absolute atomic E-state index is 5.83. The minimum absolute atomic E-state index is 0.0751. The number of imidazole rings is 1. The number of fused-ring (bicyclic) bond motifs is 1. The van der Waals surface area contributed by atoms with Crippen LogP contribution in [0.3, 0.4) is 0 Å². The Bertz CT molecular complexity index is 593. The first-order chi connectivity index (χ1) is 9.54. The zero-order valence-corrected chi connectivity index (χ0v) is 12.5. The lowest BCUT2D eigenvalue weighted by Crippen LogP contribution is -2.18. The molecule has 108 valence electrons. The molecule has 3 rings (SSSR count). The van der Waals surface area contributed by atoms with Gasteiger partial charge in [0.1, 0.15) is 18.1 Å². The molecule has 0 aliphatic carbocycles. The van der Waals surface area contributed by atoms with Gasteiger partial charge in [0, 0.05) is 6.61 Å². The van der Waals surface area contributed by atoms with Gasteiger partial charge in [-0.1, -0.05) is 20.8 Å². The lowest BCUT2D eigenvalue weighted by molar-refractivity contribution is -0.0298. The maximum atomic E-state index is 5.83. The van der Waals surface area contributed by atoms with Gasteiger partial charge >= 0.3 is 0 Å². The van der Waals surface area contributed by atoms with Crippen LogP contribution in [0.15, 0.2) is 12.7 Å². The van der Waals surface area contributed by atoms with Crippen LogP contribution in [0.4, 0.5) is 0 Å². The molecule has 1 unspecified atom stereocenters. The molecule has 0 N–H and O–H groups in total. The molecular weight excluding hydrogens is 252 g/mol. The second kappa shape index (κ2) is 5.13. The van der Waals surface area contributed by atoms with Crippen molar-refractivity contribution in [1.82, 2.24) is 19.5 Å². The molecule has 2 aromatic heterocycles. The van der Waals surface area contributed by atoms with Crippen LogP contribution in [0.25, 0.3) is 11.2 Å². The van der Waals surface area contributed by atoms with Gasteiger partial charge in [-0.3, -0.25) is 4.57 Å². The molecule has 5 heteroatoms. The van der Waals surface area contributed by atoms with Crippen molar-refractivity contribution in [3.63, 3.8) is 0 Å². The van der Waals surface area contributed by atoms with E-state index in [1.54, 1.807) is 6.33 Å². The summed E-state index contributed by atoms with van der Waals surface area (Å²) in [5.41, 5.74) is 3.02. The number of aromatic nitrogens is 4. The first-order valence-electron chi connectivity index (χ1n) is 7.33. The lowest BCUT2D eigenvalue weighted by Gasteiger charge is -2.23. The molecule has 1 saturated heterocycles. The van der Waals surface area contributed by atoms with E-state index in [0.29, 0.717) is 0 Å². The average molecular weight is 274 g/mol. The van der Waals surface area contributed by atoms with Gasteiger partial charge in [-0.2, -0.15) is 0 Å². The van der Waals surface area contributed by atoms with Gasteiger partial charge in [-0.25, -0.2) is 15.0 Å².